The van der Waals surface area contributed by atoms with Crippen LogP contribution in [0.3, 0.4) is 0 Å². The minimum absolute atomic E-state index is 0.196. The van der Waals surface area contributed by atoms with E-state index in [1.165, 1.54) is 0 Å². The number of aromatic nitrogens is 2. The van der Waals surface area contributed by atoms with Gasteiger partial charge in [0, 0.05) is 12.2 Å². The van der Waals surface area contributed by atoms with Crippen molar-refractivity contribution in [2.75, 3.05) is 5.32 Å². The number of fused-ring (bicyclic) bond motifs is 1. The highest BCUT2D eigenvalue weighted by Gasteiger charge is 2.02. The van der Waals surface area contributed by atoms with E-state index in [1.54, 1.807) is 0 Å². The van der Waals surface area contributed by atoms with Gasteiger partial charge in [-0.2, -0.15) is 0 Å². The number of hydrogen-bond acceptors (Lipinski definition) is 3. The van der Waals surface area contributed by atoms with E-state index in [9.17, 15) is 4.79 Å². The van der Waals surface area contributed by atoms with Crippen LogP contribution in [0.25, 0.3) is 11.0 Å². The molecule has 3 N–H and O–H groups in total. The summed E-state index contributed by atoms with van der Waals surface area (Å²) < 4.78 is 5.86. The highest BCUT2D eigenvalue weighted by molar-refractivity contribution is 5.78. The summed E-state index contributed by atoms with van der Waals surface area (Å²) >= 11 is 0. The van der Waals surface area contributed by atoms with Crippen LogP contribution in [-0.2, 0) is 6.54 Å². The summed E-state index contributed by atoms with van der Waals surface area (Å²) in [7, 11) is 0. The normalized spacial score (nSPS) is 10.7. The van der Waals surface area contributed by atoms with E-state index in [-0.39, 0.29) is 5.69 Å². The van der Waals surface area contributed by atoms with Crippen molar-refractivity contribution in [3.63, 3.8) is 0 Å². The number of ether oxygens (including phenoxy) is 1. The Kier molecular flexibility index (Phi) is 3.96. The highest BCUT2D eigenvalue weighted by atomic mass is 16.5. The second-order valence-electron chi connectivity index (χ2n) is 5.76. The number of aromatic amines is 2. The number of benzene rings is 3. The zero-order chi connectivity index (χ0) is 17.1. The van der Waals surface area contributed by atoms with Gasteiger partial charge in [-0.1, -0.05) is 30.3 Å². The standard InChI is InChI=1S/C20H17N3O2/c24-20-22-18-10-9-15(12-19(18)23-20)21-13-14-5-4-8-17(11-14)25-16-6-2-1-3-7-16/h1-12,21H,13H2,(H2,22,23,24). The molecule has 3 aromatic carbocycles. The van der Waals surface area contributed by atoms with Crippen LogP contribution in [0, 0.1) is 0 Å². The number of nitrogens with one attached hydrogen (secondary N) is 3. The molecule has 0 atom stereocenters. The maximum atomic E-state index is 11.3. The van der Waals surface area contributed by atoms with Crippen LogP contribution in [0.4, 0.5) is 5.69 Å². The Hall–Kier alpha value is -3.47. The molecule has 0 bridgehead atoms. The molecule has 0 aliphatic carbocycles. The zero-order valence-electron chi connectivity index (χ0n) is 13.5. The first-order valence-corrected chi connectivity index (χ1v) is 8.04. The molecule has 124 valence electrons. The molecule has 0 aliphatic rings. The van der Waals surface area contributed by atoms with Crippen molar-refractivity contribution in [3.8, 4) is 11.5 Å². The van der Waals surface area contributed by atoms with Gasteiger partial charge in [-0.15, -0.1) is 0 Å². The number of rotatable bonds is 5. The fourth-order valence-corrected chi connectivity index (χ4v) is 2.69. The number of imidazole rings is 1. The average Bonchev–Trinajstić information content (AvgIpc) is 3.00. The van der Waals surface area contributed by atoms with Crippen molar-refractivity contribution in [2.45, 2.75) is 6.54 Å². The quantitative estimate of drug-likeness (QED) is 0.512. The first kappa shape index (κ1) is 15.1. The van der Waals surface area contributed by atoms with E-state index < -0.39 is 0 Å². The summed E-state index contributed by atoms with van der Waals surface area (Å²) in [5, 5.41) is 3.36. The Morgan fingerprint density at radius 1 is 0.800 bits per heavy atom. The van der Waals surface area contributed by atoms with Crippen molar-refractivity contribution in [3.05, 3.63) is 88.8 Å². The summed E-state index contributed by atoms with van der Waals surface area (Å²) in [6.07, 6.45) is 0. The third-order valence-electron chi connectivity index (χ3n) is 3.89. The molecule has 5 heteroatoms. The van der Waals surface area contributed by atoms with Crippen LogP contribution >= 0.6 is 0 Å². The van der Waals surface area contributed by atoms with Crippen molar-refractivity contribution in [1.29, 1.82) is 0 Å². The molecule has 4 aromatic rings. The lowest BCUT2D eigenvalue weighted by molar-refractivity contribution is 0.482. The third-order valence-corrected chi connectivity index (χ3v) is 3.89. The lowest BCUT2D eigenvalue weighted by Gasteiger charge is -2.09. The van der Waals surface area contributed by atoms with Crippen LogP contribution in [0.2, 0.25) is 0 Å². The summed E-state index contributed by atoms with van der Waals surface area (Å²) in [5.74, 6) is 1.62. The van der Waals surface area contributed by atoms with Gasteiger partial charge >= 0.3 is 5.69 Å². The molecule has 0 saturated heterocycles. The molecule has 4 rings (SSSR count). The molecule has 0 amide bonds. The van der Waals surface area contributed by atoms with Gasteiger partial charge in [0.15, 0.2) is 0 Å². The van der Waals surface area contributed by atoms with Gasteiger partial charge in [-0.3, -0.25) is 0 Å². The Morgan fingerprint density at radius 2 is 1.60 bits per heavy atom. The SMILES string of the molecule is O=c1[nH]c2ccc(NCc3cccc(Oc4ccccc4)c3)cc2[nH]1. The van der Waals surface area contributed by atoms with Gasteiger partial charge in [0.2, 0.25) is 0 Å². The smallest absolute Gasteiger partial charge is 0.323 e. The second-order valence-corrected chi connectivity index (χ2v) is 5.76. The molecule has 25 heavy (non-hydrogen) atoms. The zero-order valence-corrected chi connectivity index (χ0v) is 13.5. The van der Waals surface area contributed by atoms with Crippen LogP contribution < -0.4 is 15.7 Å². The third kappa shape index (κ3) is 3.55. The molecule has 0 unspecified atom stereocenters. The Labute approximate surface area is 144 Å². The van der Waals surface area contributed by atoms with Gasteiger partial charge in [-0.25, -0.2) is 4.79 Å². The van der Waals surface area contributed by atoms with E-state index in [2.05, 4.69) is 15.3 Å². The summed E-state index contributed by atoms with van der Waals surface area (Å²) in [6, 6.07) is 23.4. The summed E-state index contributed by atoms with van der Waals surface area (Å²) in [4.78, 5) is 16.8. The second kappa shape index (κ2) is 6.57. The van der Waals surface area contributed by atoms with Crippen molar-refractivity contribution < 1.29 is 4.74 Å². The molecule has 1 heterocycles. The predicted octanol–water partition coefficient (Wildman–Crippen LogP) is 4.26. The minimum Gasteiger partial charge on any atom is -0.457 e. The van der Waals surface area contributed by atoms with E-state index in [4.69, 9.17) is 4.74 Å². The van der Waals surface area contributed by atoms with Crippen LogP contribution in [0.1, 0.15) is 5.56 Å². The lowest BCUT2D eigenvalue weighted by atomic mass is 10.2. The maximum absolute atomic E-state index is 11.3. The maximum Gasteiger partial charge on any atom is 0.323 e. The molecule has 0 saturated carbocycles. The van der Waals surface area contributed by atoms with Crippen molar-refractivity contribution >= 4 is 16.7 Å². The van der Waals surface area contributed by atoms with Crippen LogP contribution in [-0.4, -0.2) is 9.97 Å². The number of H-pyrrole nitrogens is 2. The predicted molar refractivity (Wildman–Crippen MR) is 99.2 cm³/mol. The molecule has 0 spiro atoms. The monoisotopic (exact) mass is 331 g/mol. The van der Waals surface area contributed by atoms with Gasteiger partial charge < -0.3 is 20.0 Å². The van der Waals surface area contributed by atoms with Gasteiger partial charge in [0.05, 0.1) is 11.0 Å². The molecular formula is C20H17N3O2. The van der Waals surface area contributed by atoms with Gasteiger partial charge in [-0.05, 0) is 48.0 Å². The Bertz CT molecular complexity index is 1050. The average molecular weight is 331 g/mol. The van der Waals surface area contributed by atoms with E-state index >= 15 is 0 Å². The summed E-state index contributed by atoms with van der Waals surface area (Å²) in [5.41, 5.74) is 3.44. The van der Waals surface area contributed by atoms with Gasteiger partial charge in [0.1, 0.15) is 11.5 Å². The molecule has 0 aliphatic heterocycles. The fourth-order valence-electron chi connectivity index (χ4n) is 2.69. The van der Waals surface area contributed by atoms with E-state index in [0.717, 1.165) is 33.8 Å². The molecular weight excluding hydrogens is 314 g/mol. The van der Waals surface area contributed by atoms with E-state index in [1.807, 2.05) is 72.8 Å². The van der Waals surface area contributed by atoms with Crippen molar-refractivity contribution in [2.24, 2.45) is 0 Å². The molecule has 5 nitrogen and oxygen atoms in total. The Balaban J connectivity index is 1.46. The largest absolute Gasteiger partial charge is 0.457 e. The Morgan fingerprint density at radius 3 is 2.48 bits per heavy atom. The number of anilines is 1. The van der Waals surface area contributed by atoms with Crippen LogP contribution in [0.15, 0.2) is 77.6 Å². The first-order chi connectivity index (χ1) is 12.3. The molecule has 0 fully saturated rings. The highest BCUT2D eigenvalue weighted by Crippen LogP contribution is 2.22. The lowest BCUT2D eigenvalue weighted by Crippen LogP contribution is -2.00. The minimum atomic E-state index is -0.196. The van der Waals surface area contributed by atoms with E-state index in [0.29, 0.717) is 6.54 Å². The first-order valence-electron chi connectivity index (χ1n) is 8.04. The van der Waals surface area contributed by atoms with Crippen molar-refractivity contribution in [1.82, 2.24) is 9.97 Å². The summed E-state index contributed by atoms with van der Waals surface area (Å²) in [6.45, 7) is 0.659. The number of hydrogen-bond donors (Lipinski definition) is 3. The van der Waals surface area contributed by atoms with Crippen LogP contribution in [0.5, 0.6) is 11.5 Å². The fraction of sp³-hybridized carbons (Fsp3) is 0.0500. The topological polar surface area (TPSA) is 69.9 Å². The molecule has 1 aromatic heterocycles. The number of para-hydroxylation sites is 1. The van der Waals surface area contributed by atoms with Gasteiger partial charge in [0.25, 0.3) is 0 Å². The molecule has 0 radical (unpaired) electrons.